The van der Waals surface area contributed by atoms with E-state index in [4.69, 9.17) is 4.42 Å². The molecule has 54 heavy (non-hydrogen) atoms. The van der Waals surface area contributed by atoms with Crippen molar-refractivity contribution in [1.29, 1.82) is 0 Å². The fourth-order valence-corrected chi connectivity index (χ4v) is 7.84. The van der Waals surface area contributed by atoms with Crippen LogP contribution >= 0.6 is 0 Å². The molecule has 0 N–H and O–H groups in total. The second-order valence-electron chi connectivity index (χ2n) is 13.7. The Balaban J connectivity index is 1.20. The predicted molar refractivity (Wildman–Crippen MR) is 228 cm³/mol. The molecule has 10 aromatic rings. The largest absolute Gasteiger partial charge is 0.455 e. The Kier molecular flexibility index (Phi) is 7.85. The van der Waals surface area contributed by atoms with E-state index in [-0.39, 0.29) is 0 Å². The molecule has 0 amide bonds. The minimum Gasteiger partial charge on any atom is -0.455 e. The smallest absolute Gasteiger partial charge is 0.143 e. The first-order valence-electron chi connectivity index (χ1n) is 18.4. The van der Waals surface area contributed by atoms with Crippen LogP contribution in [0.25, 0.3) is 77.2 Å². The molecule has 2 nitrogen and oxygen atoms in total. The van der Waals surface area contributed by atoms with Gasteiger partial charge in [-0.05, 0) is 104 Å². The van der Waals surface area contributed by atoms with Gasteiger partial charge in [0.15, 0.2) is 0 Å². The van der Waals surface area contributed by atoms with Gasteiger partial charge in [-0.1, -0.05) is 158 Å². The number of fused-ring (bicyclic) bond motifs is 5. The van der Waals surface area contributed by atoms with Gasteiger partial charge in [-0.3, -0.25) is 0 Å². The Morgan fingerprint density at radius 3 is 1.50 bits per heavy atom. The molecule has 0 fully saturated rings. The van der Waals surface area contributed by atoms with Crippen LogP contribution in [-0.4, -0.2) is 0 Å². The molecule has 1 heterocycles. The summed E-state index contributed by atoms with van der Waals surface area (Å²) in [5, 5.41) is 4.56. The second kappa shape index (κ2) is 13.4. The van der Waals surface area contributed by atoms with E-state index in [2.05, 4.69) is 217 Å². The van der Waals surface area contributed by atoms with Gasteiger partial charge < -0.3 is 9.32 Å². The van der Waals surface area contributed by atoms with E-state index in [1.54, 1.807) is 0 Å². The van der Waals surface area contributed by atoms with Crippen molar-refractivity contribution in [2.24, 2.45) is 0 Å². The maximum absolute atomic E-state index is 6.60. The van der Waals surface area contributed by atoms with Crippen molar-refractivity contribution in [3.8, 4) is 44.5 Å². The van der Waals surface area contributed by atoms with Gasteiger partial charge in [0.05, 0.1) is 0 Å². The number of furan rings is 1. The molecule has 1 aromatic heterocycles. The van der Waals surface area contributed by atoms with Crippen LogP contribution in [0.4, 0.5) is 17.1 Å². The third-order valence-corrected chi connectivity index (χ3v) is 10.4. The van der Waals surface area contributed by atoms with Crippen LogP contribution in [0.15, 0.2) is 217 Å². The summed E-state index contributed by atoms with van der Waals surface area (Å²) in [7, 11) is 0. The van der Waals surface area contributed by atoms with Gasteiger partial charge in [0.25, 0.3) is 0 Å². The molecule has 0 radical (unpaired) electrons. The lowest BCUT2D eigenvalue weighted by Crippen LogP contribution is -2.10. The lowest BCUT2D eigenvalue weighted by atomic mass is 9.96. The minimum absolute atomic E-state index is 0.889. The van der Waals surface area contributed by atoms with Crippen LogP contribution in [0.2, 0.25) is 0 Å². The normalized spacial score (nSPS) is 11.3. The fraction of sp³-hybridized carbons (Fsp3) is 0. The van der Waals surface area contributed by atoms with E-state index < -0.39 is 0 Å². The maximum atomic E-state index is 6.60. The van der Waals surface area contributed by atoms with Crippen LogP contribution in [0.1, 0.15) is 0 Å². The molecule has 254 valence electrons. The predicted octanol–water partition coefficient (Wildman–Crippen LogP) is 14.9. The molecule has 0 saturated carbocycles. The Morgan fingerprint density at radius 2 is 0.833 bits per heavy atom. The van der Waals surface area contributed by atoms with E-state index in [0.717, 1.165) is 66.6 Å². The van der Waals surface area contributed by atoms with E-state index in [1.807, 2.05) is 0 Å². The Hall–Kier alpha value is -7.16. The lowest BCUT2D eigenvalue weighted by molar-refractivity contribution is 0.673. The Bertz CT molecular complexity index is 2870. The van der Waals surface area contributed by atoms with Crippen LogP contribution in [-0.2, 0) is 0 Å². The average Bonchev–Trinajstić information content (AvgIpc) is 3.65. The molecular weight excluding hydrogens is 655 g/mol. The molecule has 0 aliphatic rings. The van der Waals surface area contributed by atoms with Crippen molar-refractivity contribution in [2.45, 2.75) is 0 Å². The molecule has 0 saturated heterocycles. The number of hydrogen-bond acceptors (Lipinski definition) is 2. The molecule has 0 aliphatic heterocycles. The van der Waals surface area contributed by atoms with Crippen molar-refractivity contribution in [2.75, 3.05) is 4.90 Å². The zero-order chi connectivity index (χ0) is 35.8. The van der Waals surface area contributed by atoms with Crippen LogP contribution in [0.3, 0.4) is 0 Å². The summed E-state index contributed by atoms with van der Waals surface area (Å²) in [5.41, 5.74) is 14.3. The zero-order valence-corrected chi connectivity index (χ0v) is 29.6. The number of hydrogen-bond donors (Lipinski definition) is 0. The highest BCUT2D eigenvalue weighted by molar-refractivity contribution is 6.19. The monoisotopic (exact) mass is 689 g/mol. The van der Waals surface area contributed by atoms with Crippen molar-refractivity contribution < 1.29 is 4.42 Å². The van der Waals surface area contributed by atoms with E-state index in [0.29, 0.717) is 0 Å². The highest BCUT2D eigenvalue weighted by Gasteiger charge is 2.19. The number of rotatable bonds is 7. The van der Waals surface area contributed by atoms with E-state index in [9.17, 15) is 0 Å². The number of anilines is 3. The number of benzene rings is 9. The summed E-state index contributed by atoms with van der Waals surface area (Å²) < 4.78 is 6.60. The first-order valence-corrected chi connectivity index (χ1v) is 18.4. The molecule has 0 aliphatic carbocycles. The lowest BCUT2D eigenvalue weighted by Gasteiger charge is -2.28. The highest BCUT2D eigenvalue weighted by atomic mass is 16.3. The summed E-state index contributed by atoms with van der Waals surface area (Å²) >= 11 is 0. The molecule has 2 heteroatoms. The van der Waals surface area contributed by atoms with Gasteiger partial charge in [-0.2, -0.15) is 0 Å². The summed E-state index contributed by atoms with van der Waals surface area (Å²) in [5.74, 6) is 0. The summed E-state index contributed by atoms with van der Waals surface area (Å²) in [6.45, 7) is 0. The zero-order valence-electron chi connectivity index (χ0n) is 29.6. The third kappa shape index (κ3) is 5.71. The molecule has 10 rings (SSSR count). The van der Waals surface area contributed by atoms with Gasteiger partial charge in [-0.25, -0.2) is 0 Å². The Morgan fingerprint density at radius 1 is 0.315 bits per heavy atom. The van der Waals surface area contributed by atoms with Crippen LogP contribution in [0, 0.1) is 0 Å². The van der Waals surface area contributed by atoms with Gasteiger partial charge in [-0.15, -0.1) is 0 Å². The van der Waals surface area contributed by atoms with Gasteiger partial charge >= 0.3 is 0 Å². The summed E-state index contributed by atoms with van der Waals surface area (Å²) in [6, 6.07) is 75.9. The first-order chi connectivity index (χ1) is 26.8. The standard InChI is InChI=1S/C52H35NO/c1-4-15-36(16-5-1)40-22-12-24-44(32-40)53(46-34-42(37-17-6-2-7-18-37)31-43(35-46)38-19-8-3-9-20-38)45-25-13-23-41(33-45)47-27-14-28-50-51(47)49-30-29-39-21-10-11-26-48(39)52(49)54-50/h1-35H. The fourth-order valence-electron chi connectivity index (χ4n) is 7.84. The van der Waals surface area contributed by atoms with Crippen LogP contribution in [0.5, 0.6) is 0 Å². The van der Waals surface area contributed by atoms with E-state index >= 15 is 0 Å². The molecule has 9 aromatic carbocycles. The topological polar surface area (TPSA) is 16.4 Å². The molecule has 0 spiro atoms. The van der Waals surface area contributed by atoms with E-state index in [1.165, 1.54) is 27.6 Å². The first kappa shape index (κ1) is 31.6. The van der Waals surface area contributed by atoms with Crippen molar-refractivity contribution in [3.05, 3.63) is 212 Å². The third-order valence-electron chi connectivity index (χ3n) is 10.4. The van der Waals surface area contributed by atoms with Gasteiger partial charge in [0.2, 0.25) is 0 Å². The summed E-state index contributed by atoms with van der Waals surface area (Å²) in [4.78, 5) is 2.40. The SMILES string of the molecule is c1ccc(-c2cccc(N(c3cc(-c4ccccc4)cc(-c4ccccc4)c3)c3cccc(-c4cccc5oc6c7ccccc7ccc6c45)c3)c2)cc1. The van der Waals surface area contributed by atoms with Gasteiger partial charge in [0.1, 0.15) is 11.2 Å². The van der Waals surface area contributed by atoms with Crippen molar-refractivity contribution in [3.63, 3.8) is 0 Å². The minimum atomic E-state index is 0.889. The number of nitrogens with zero attached hydrogens (tertiary/aromatic N) is 1. The quantitative estimate of drug-likeness (QED) is 0.166. The van der Waals surface area contributed by atoms with Crippen molar-refractivity contribution in [1.82, 2.24) is 0 Å². The molecule has 0 unspecified atom stereocenters. The molecular formula is C52H35NO. The molecule has 0 bridgehead atoms. The second-order valence-corrected chi connectivity index (χ2v) is 13.7. The average molecular weight is 690 g/mol. The highest BCUT2D eigenvalue weighted by Crippen LogP contribution is 2.44. The van der Waals surface area contributed by atoms with Gasteiger partial charge in [0, 0.05) is 33.2 Å². The summed E-state index contributed by atoms with van der Waals surface area (Å²) in [6.07, 6.45) is 0. The maximum Gasteiger partial charge on any atom is 0.143 e. The molecule has 0 atom stereocenters. The Labute approximate surface area is 314 Å². The van der Waals surface area contributed by atoms with Crippen LogP contribution < -0.4 is 4.90 Å². The van der Waals surface area contributed by atoms with Crippen molar-refractivity contribution >= 4 is 49.8 Å².